The molecule has 1 saturated heterocycles. The van der Waals surface area contributed by atoms with Crippen LogP contribution in [-0.2, 0) is 4.79 Å². The standard InChI is InChI=1S/C14H19NO2/c1-11(12-6-3-2-4-7-12)10-15-9-5-8-13(15)14(16)17/h2-4,6-7,11,13H,5,8-10H2,1H3,(H,16,17). The first kappa shape index (κ1) is 12.1. The molecule has 2 unspecified atom stereocenters. The van der Waals surface area contributed by atoms with Gasteiger partial charge in [0.15, 0.2) is 0 Å². The molecular formula is C14H19NO2. The van der Waals surface area contributed by atoms with E-state index in [1.54, 1.807) is 0 Å². The molecule has 0 aliphatic carbocycles. The number of carboxylic acids is 1. The summed E-state index contributed by atoms with van der Waals surface area (Å²) in [7, 11) is 0. The summed E-state index contributed by atoms with van der Waals surface area (Å²) in [5.74, 6) is -0.293. The molecule has 1 heterocycles. The summed E-state index contributed by atoms with van der Waals surface area (Å²) >= 11 is 0. The Bertz CT molecular complexity index is 377. The van der Waals surface area contributed by atoms with Crippen LogP contribution < -0.4 is 0 Å². The molecule has 0 aromatic heterocycles. The number of nitrogens with zero attached hydrogens (tertiary/aromatic N) is 1. The van der Waals surface area contributed by atoms with Gasteiger partial charge in [0.1, 0.15) is 6.04 Å². The van der Waals surface area contributed by atoms with Crippen LogP contribution in [0.5, 0.6) is 0 Å². The maximum Gasteiger partial charge on any atom is 0.320 e. The Labute approximate surface area is 102 Å². The zero-order chi connectivity index (χ0) is 12.3. The Balaban J connectivity index is 1.99. The predicted molar refractivity (Wildman–Crippen MR) is 67.1 cm³/mol. The highest BCUT2D eigenvalue weighted by Gasteiger charge is 2.31. The number of carbonyl (C=O) groups is 1. The molecule has 1 aliphatic rings. The van der Waals surface area contributed by atoms with Gasteiger partial charge in [-0.1, -0.05) is 37.3 Å². The van der Waals surface area contributed by atoms with E-state index in [1.165, 1.54) is 5.56 Å². The Hall–Kier alpha value is -1.35. The third-order valence-corrected chi connectivity index (χ3v) is 3.53. The first-order valence-electron chi connectivity index (χ1n) is 6.20. The summed E-state index contributed by atoms with van der Waals surface area (Å²) in [5, 5.41) is 9.13. The van der Waals surface area contributed by atoms with Gasteiger partial charge in [0, 0.05) is 6.54 Å². The van der Waals surface area contributed by atoms with Crippen LogP contribution in [0.15, 0.2) is 30.3 Å². The molecule has 0 saturated carbocycles. The molecule has 92 valence electrons. The van der Waals surface area contributed by atoms with Crippen LogP contribution in [0, 0.1) is 0 Å². The number of aliphatic carboxylic acids is 1. The van der Waals surface area contributed by atoms with Crippen LogP contribution in [0.4, 0.5) is 0 Å². The fraction of sp³-hybridized carbons (Fsp3) is 0.500. The summed E-state index contributed by atoms with van der Waals surface area (Å²) in [6.07, 6.45) is 1.79. The van der Waals surface area contributed by atoms with E-state index < -0.39 is 5.97 Å². The molecule has 2 atom stereocenters. The Morgan fingerprint density at radius 1 is 1.47 bits per heavy atom. The van der Waals surface area contributed by atoms with Crippen LogP contribution in [-0.4, -0.2) is 35.1 Å². The van der Waals surface area contributed by atoms with Crippen molar-refractivity contribution in [3.05, 3.63) is 35.9 Å². The number of carboxylic acid groups (broad SMARTS) is 1. The minimum absolute atomic E-state index is 0.277. The van der Waals surface area contributed by atoms with Gasteiger partial charge in [-0.25, -0.2) is 0 Å². The van der Waals surface area contributed by atoms with E-state index in [0.29, 0.717) is 5.92 Å². The van der Waals surface area contributed by atoms with Crippen molar-refractivity contribution in [2.45, 2.75) is 31.7 Å². The normalized spacial score (nSPS) is 22.5. The van der Waals surface area contributed by atoms with Crippen LogP contribution in [0.3, 0.4) is 0 Å². The third-order valence-electron chi connectivity index (χ3n) is 3.53. The Morgan fingerprint density at radius 2 is 2.18 bits per heavy atom. The first-order chi connectivity index (χ1) is 8.18. The lowest BCUT2D eigenvalue weighted by atomic mass is 10.0. The number of hydrogen-bond donors (Lipinski definition) is 1. The monoisotopic (exact) mass is 233 g/mol. The van der Waals surface area contributed by atoms with Crippen molar-refractivity contribution in [2.24, 2.45) is 0 Å². The highest BCUT2D eigenvalue weighted by atomic mass is 16.4. The zero-order valence-corrected chi connectivity index (χ0v) is 10.2. The van der Waals surface area contributed by atoms with Gasteiger partial charge in [0.2, 0.25) is 0 Å². The second-order valence-electron chi connectivity index (χ2n) is 4.80. The molecule has 1 aromatic carbocycles. The highest BCUT2D eigenvalue weighted by Crippen LogP contribution is 2.23. The topological polar surface area (TPSA) is 40.5 Å². The summed E-state index contributed by atoms with van der Waals surface area (Å²) in [6.45, 7) is 3.90. The second-order valence-corrected chi connectivity index (χ2v) is 4.80. The summed E-state index contributed by atoms with van der Waals surface area (Å²) < 4.78 is 0. The van der Waals surface area contributed by atoms with Gasteiger partial charge in [0.25, 0.3) is 0 Å². The van der Waals surface area contributed by atoms with E-state index in [-0.39, 0.29) is 6.04 Å². The molecule has 2 rings (SSSR count). The van der Waals surface area contributed by atoms with Gasteiger partial charge in [-0.2, -0.15) is 0 Å². The van der Waals surface area contributed by atoms with E-state index in [4.69, 9.17) is 5.11 Å². The molecular weight excluding hydrogens is 214 g/mol. The lowest BCUT2D eigenvalue weighted by Gasteiger charge is -2.24. The van der Waals surface area contributed by atoms with Gasteiger partial charge >= 0.3 is 5.97 Å². The molecule has 0 radical (unpaired) electrons. The summed E-state index contributed by atoms with van der Waals surface area (Å²) in [6, 6.07) is 10.0. The largest absolute Gasteiger partial charge is 0.480 e. The predicted octanol–water partition coefficient (Wildman–Crippen LogP) is 2.34. The molecule has 1 fully saturated rings. The highest BCUT2D eigenvalue weighted by molar-refractivity contribution is 5.73. The van der Waals surface area contributed by atoms with Gasteiger partial charge in [-0.3, -0.25) is 9.69 Å². The minimum Gasteiger partial charge on any atom is -0.480 e. The van der Waals surface area contributed by atoms with Crippen LogP contribution in [0.2, 0.25) is 0 Å². The average molecular weight is 233 g/mol. The SMILES string of the molecule is CC(CN1CCCC1C(=O)O)c1ccccc1. The Kier molecular flexibility index (Phi) is 3.79. The fourth-order valence-corrected chi connectivity index (χ4v) is 2.56. The van der Waals surface area contributed by atoms with Crippen molar-refractivity contribution in [1.82, 2.24) is 4.90 Å². The second kappa shape index (κ2) is 5.32. The van der Waals surface area contributed by atoms with Crippen LogP contribution in [0.1, 0.15) is 31.2 Å². The van der Waals surface area contributed by atoms with Crippen molar-refractivity contribution < 1.29 is 9.90 Å². The number of rotatable bonds is 4. The van der Waals surface area contributed by atoms with Crippen molar-refractivity contribution in [1.29, 1.82) is 0 Å². The minimum atomic E-state index is -0.678. The van der Waals surface area contributed by atoms with E-state index in [2.05, 4.69) is 24.0 Å². The molecule has 1 N–H and O–H groups in total. The molecule has 3 heteroatoms. The molecule has 0 bridgehead atoms. The van der Waals surface area contributed by atoms with Crippen LogP contribution >= 0.6 is 0 Å². The van der Waals surface area contributed by atoms with Crippen LogP contribution in [0.25, 0.3) is 0 Å². The van der Waals surface area contributed by atoms with Gasteiger partial charge < -0.3 is 5.11 Å². The van der Waals surface area contributed by atoms with Gasteiger partial charge in [0.05, 0.1) is 0 Å². The maximum atomic E-state index is 11.1. The Morgan fingerprint density at radius 3 is 2.82 bits per heavy atom. The van der Waals surface area contributed by atoms with Crippen molar-refractivity contribution >= 4 is 5.97 Å². The van der Waals surface area contributed by atoms with E-state index in [0.717, 1.165) is 25.9 Å². The van der Waals surface area contributed by atoms with E-state index >= 15 is 0 Å². The van der Waals surface area contributed by atoms with Crippen molar-refractivity contribution in [3.8, 4) is 0 Å². The van der Waals surface area contributed by atoms with Gasteiger partial charge in [-0.05, 0) is 30.9 Å². The summed E-state index contributed by atoms with van der Waals surface area (Å²) in [5.41, 5.74) is 1.28. The quantitative estimate of drug-likeness (QED) is 0.867. The maximum absolute atomic E-state index is 11.1. The fourth-order valence-electron chi connectivity index (χ4n) is 2.56. The zero-order valence-electron chi connectivity index (χ0n) is 10.2. The van der Waals surface area contributed by atoms with Crippen molar-refractivity contribution in [3.63, 3.8) is 0 Å². The third kappa shape index (κ3) is 2.86. The number of hydrogen-bond acceptors (Lipinski definition) is 2. The molecule has 0 spiro atoms. The summed E-state index contributed by atoms with van der Waals surface area (Å²) in [4.78, 5) is 13.2. The lowest BCUT2D eigenvalue weighted by Crippen LogP contribution is -2.38. The molecule has 1 aliphatic heterocycles. The molecule has 17 heavy (non-hydrogen) atoms. The molecule has 0 amide bonds. The molecule has 1 aromatic rings. The lowest BCUT2D eigenvalue weighted by molar-refractivity contribution is -0.142. The van der Waals surface area contributed by atoms with E-state index in [9.17, 15) is 4.79 Å². The smallest absolute Gasteiger partial charge is 0.320 e. The average Bonchev–Trinajstić information content (AvgIpc) is 2.78. The van der Waals surface area contributed by atoms with Gasteiger partial charge in [-0.15, -0.1) is 0 Å². The van der Waals surface area contributed by atoms with E-state index in [1.807, 2.05) is 18.2 Å². The molecule has 3 nitrogen and oxygen atoms in total. The number of benzene rings is 1. The first-order valence-corrected chi connectivity index (χ1v) is 6.20. The number of likely N-dealkylation sites (tertiary alicyclic amines) is 1. The van der Waals surface area contributed by atoms with Crippen molar-refractivity contribution in [2.75, 3.05) is 13.1 Å².